The predicted molar refractivity (Wildman–Crippen MR) is 66.6 cm³/mol. The molecule has 9 heteroatoms. The summed E-state index contributed by atoms with van der Waals surface area (Å²) < 4.78 is 44.3. The van der Waals surface area contributed by atoms with Gasteiger partial charge >= 0.3 is 6.18 Å². The van der Waals surface area contributed by atoms with Gasteiger partial charge in [0.15, 0.2) is 5.65 Å². The fourth-order valence-electron chi connectivity index (χ4n) is 1.88. The van der Waals surface area contributed by atoms with E-state index in [1.54, 1.807) is 30.1 Å². The van der Waals surface area contributed by atoms with Gasteiger partial charge in [-0.05, 0) is 24.3 Å². The third-order valence-electron chi connectivity index (χ3n) is 2.87. The van der Waals surface area contributed by atoms with Gasteiger partial charge in [0.25, 0.3) is 5.82 Å². The minimum Gasteiger partial charge on any atom is -0.467 e. The standard InChI is InChI=1S/C12H10F3N5O/c1-19(7-8-3-2-6-21-8)10-5-4-9-16-17-11(12(13,14)15)20(9)18-10/h2-6H,7H2,1H3. The third kappa shape index (κ3) is 2.54. The Balaban J connectivity index is 1.96. The molecule has 0 aliphatic heterocycles. The van der Waals surface area contributed by atoms with E-state index in [1.807, 2.05) is 0 Å². The molecule has 0 aromatic carbocycles. The Morgan fingerprint density at radius 2 is 2.05 bits per heavy atom. The van der Waals surface area contributed by atoms with Gasteiger partial charge < -0.3 is 9.32 Å². The minimum absolute atomic E-state index is 0.0393. The van der Waals surface area contributed by atoms with Crippen LogP contribution in [0.25, 0.3) is 5.65 Å². The van der Waals surface area contributed by atoms with Crippen molar-refractivity contribution in [2.24, 2.45) is 0 Å². The van der Waals surface area contributed by atoms with E-state index in [2.05, 4.69) is 15.3 Å². The Labute approximate surface area is 116 Å². The molecule has 0 aliphatic carbocycles. The fourth-order valence-corrected chi connectivity index (χ4v) is 1.88. The van der Waals surface area contributed by atoms with Gasteiger partial charge in [-0.1, -0.05) is 0 Å². The first-order valence-electron chi connectivity index (χ1n) is 5.98. The van der Waals surface area contributed by atoms with Crippen molar-refractivity contribution in [3.05, 3.63) is 42.1 Å². The maximum atomic E-state index is 12.8. The zero-order valence-corrected chi connectivity index (χ0v) is 10.9. The number of aromatic nitrogens is 4. The highest BCUT2D eigenvalue weighted by Gasteiger charge is 2.37. The number of nitrogens with zero attached hydrogens (tertiary/aromatic N) is 5. The molecule has 0 radical (unpaired) electrons. The molecule has 3 aromatic heterocycles. The molecule has 0 amide bonds. The second-order valence-electron chi connectivity index (χ2n) is 4.42. The molecule has 3 heterocycles. The van der Waals surface area contributed by atoms with Crippen molar-refractivity contribution >= 4 is 11.5 Å². The zero-order chi connectivity index (χ0) is 15.0. The van der Waals surface area contributed by atoms with E-state index in [0.717, 1.165) is 0 Å². The van der Waals surface area contributed by atoms with Crippen molar-refractivity contribution in [3.63, 3.8) is 0 Å². The number of hydrogen-bond acceptors (Lipinski definition) is 5. The topological polar surface area (TPSA) is 59.5 Å². The third-order valence-corrected chi connectivity index (χ3v) is 2.87. The smallest absolute Gasteiger partial charge is 0.453 e. The Kier molecular flexibility index (Phi) is 3.04. The maximum absolute atomic E-state index is 12.8. The maximum Gasteiger partial charge on any atom is 0.453 e. The number of furan rings is 1. The molecule has 0 spiro atoms. The summed E-state index contributed by atoms with van der Waals surface area (Å²) >= 11 is 0. The van der Waals surface area contributed by atoms with Gasteiger partial charge in [-0.3, -0.25) is 0 Å². The molecule has 3 aromatic rings. The molecule has 0 saturated carbocycles. The quantitative estimate of drug-likeness (QED) is 0.743. The Bertz CT molecular complexity index is 750. The van der Waals surface area contributed by atoms with E-state index in [0.29, 0.717) is 22.6 Å². The summed E-state index contributed by atoms with van der Waals surface area (Å²) in [5.41, 5.74) is 0.0393. The van der Waals surface area contributed by atoms with E-state index >= 15 is 0 Å². The average molecular weight is 297 g/mol. The van der Waals surface area contributed by atoms with Crippen molar-refractivity contribution in [1.82, 2.24) is 19.8 Å². The van der Waals surface area contributed by atoms with Crippen LogP contribution in [0.5, 0.6) is 0 Å². The summed E-state index contributed by atoms with van der Waals surface area (Å²) in [6.07, 6.45) is -3.08. The Morgan fingerprint density at radius 3 is 2.71 bits per heavy atom. The van der Waals surface area contributed by atoms with E-state index in [9.17, 15) is 13.2 Å². The first-order valence-corrected chi connectivity index (χ1v) is 5.98. The van der Waals surface area contributed by atoms with Crippen molar-refractivity contribution in [2.45, 2.75) is 12.7 Å². The normalized spacial score (nSPS) is 12.0. The summed E-state index contributed by atoms with van der Waals surface area (Å²) in [6.45, 7) is 0.384. The predicted octanol–water partition coefficient (Wildman–Crippen LogP) is 2.37. The molecule has 0 atom stereocenters. The van der Waals surface area contributed by atoms with Gasteiger partial charge in [0.05, 0.1) is 12.8 Å². The van der Waals surface area contributed by atoms with Crippen LogP contribution >= 0.6 is 0 Å². The van der Waals surface area contributed by atoms with Crippen molar-refractivity contribution in [1.29, 1.82) is 0 Å². The first kappa shape index (κ1) is 13.4. The molecule has 3 rings (SSSR count). The van der Waals surface area contributed by atoms with Gasteiger partial charge in [0, 0.05) is 7.05 Å². The zero-order valence-electron chi connectivity index (χ0n) is 10.9. The summed E-state index contributed by atoms with van der Waals surface area (Å²) in [5.74, 6) is -0.117. The second kappa shape index (κ2) is 4.76. The van der Waals surface area contributed by atoms with Crippen molar-refractivity contribution in [3.8, 4) is 0 Å². The molecule has 0 aliphatic rings. The van der Waals surface area contributed by atoms with Gasteiger partial charge in [-0.2, -0.15) is 17.7 Å². The van der Waals surface area contributed by atoms with Crippen LogP contribution in [0, 0.1) is 0 Å². The monoisotopic (exact) mass is 297 g/mol. The highest BCUT2D eigenvalue weighted by molar-refractivity contribution is 5.45. The van der Waals surface area contributed by atoms with Gasteiger partial charge in [-0.15, -0.1) is 15.3 Å². The lowest BCUT2D eigenvalue weighted by Crippen LogP contribution is -2.19. The van der Waals surface area contributed by atoms with Crippen LogP contribution in [0.4, 0.5) is 19.0 Å². The molecule has 0 N–H and O–H groups in total. The van der Waals surface area contributed by atoms with E-state index in [1.165, 1.54) is 12.3 Å². The highest BCUT2D eigenvalue weighted by atomic mass is 19.4. The molecule has 0 saturated heterocycles. The Hall–Kier alpha value is -2.58. The van der Waals surface area contributed by atoms with E-state index in [-0.39, 0.29) is 5.65 Å². The lowest BCUT2D eigenvalue weighted by molar-refractivity contribution is -0.146. The van der Waals surface area contributed by atoms with E-state index < -0.39 is 12.0 Å². The Morgan fingerprint density at radius 1 is 1.24 bits per heavy atom. The largest absolute Gasteiger partial charge is 0.467 e. The second-order valence-corrected chi connectivity index (χ2v) is 4.42. The highest BCUT2D eigenvalue weighted by Crippen LogP contribution is 2.27. The summed E-state index contributed by atoms with van der Waals surface area (Å²) in [7, 11) is 1.70. The number of fused-ring (bicyclic) bond motifs is 1. The first-order chi connectivity index (χ1) is 9.95. The minimum atomic E-state index is -4.61. The van der Waals surface area contributed by atoms with E-state index in [4.69, 9.17) is 4.42 Å². The number of alkyl halides is 3. The number of rotatable bonds is 3. The van der Waals surface area contributed by atoms with Crippen molar-refractivity contribution < 1.29 is 17.6 Å². The molecule has 21 heavy (non-hydrogen) atoms. The molecular formula is C12H10F3N5O. The molecular weight excluding hydrogens is 287 g/mol. The van der Waals surface area contributed by atoms with Gasteiger partial charge in [-0.25, -0.2) is 0 Å². The number of anilines is 1. The average Bonchev–Trinajstić information content (AvgIpc) is 3.05. The van der Waals surface area contributed by atoms with Crippen molar-refractivity contribution in [2.75, 3.05) is 11.9 Å². The van der Waals surface area contributed by atoms with Crippen LogP contribution < -0.4 is 4.90 Å². The summed E-state index contributed by atoms with van der Waals surface area (Å²) in [4.78, 5) is 1.67. The van der Waals surface area contributed by atoms with Gasteiger partial charge in [0.2, 0.25) is 0 Å². The molecule has 0 unspecified atom stereocenters. The fraction of sp³-hybridized carbons (Fsp3) is 0.250. The summed E-state index contributed by atoms with van der Waals surface area (Å²) in [6, 6.07) is 6.52. The number of hydrogen-bond donors (Lipinski definition) is 0. The van der Waals surface area contributed by atoms with Crippen LogP contribution in [0.2, 0.25) is 0 Å². The van der Waals surface area contributed by atoms with Crippen LogP contribution in [-0.2, 0) is 12.7 Å². The number of halogens is 3. The van der Waals surface area contributed by atoms with Crippen LogP contribution in [0.15, 0.2) is 34.9 Å². The summed E-state index contributed by atoms with van der Waals surface area (Å²) in [5, 5.41) is 10.5. The van der Waals surface area contributed by atoms with Gasteiger partial charge in [0.1, 0.15) is 11.6 Å². The van der Waals surface area contributed by atoms with Crippen LogP contribution in [0.3, 0.4) is 0 Å². The molecule has 0 bridgehead atoms. The lowest BCUT2D eigenvalue weighted by atomic mass is 10.4. The molecule has 6 nitrogen and oxygen atoms in total. The van der Waals surface area contributed by atoms with Crippen LogP contribution in [-0.4, -0.2) is 26.9 Å². The molecule has 110 valence electrons. The SMILES string of the molecule is CN(Cc1ccco1)c1ccc2nnc(C(F)(F)F)n2n1. The molecule has 0 fully saturated rings. The lowest BCUT2D eigenvalue weighted by Gasteiger charge is -2.16. The van der Waals surface area contributed by atoms with Crippen LogP contribution in [0.1, 0.15) is 11.6 Å².